The lowest BCUT2D eigenvalue weighted by Crippen LogP contribution is -2.19. The molecule has 6 nitrogen and oxygen atoms in total. The molecule has 11 heteroatoms. The fourth-order valence-electron chi connectivity index (χ4n) is 2.42. The Labute approximate surface area is 150 Å². The Balaban J connectivity index is 2.78. The largest absolute Gasteiger partial charge is 0.461 e. The van der Waals surface area contributed by atoms with E-state index in [-0.39, 0.29) is 18.7 Å². The van der Waals surface area contributed by atoms with Gasteiger partial charge < -0.3 is 16.2 Å². The maximum absolute atomic E-state index is 14.4. The van der Waals surface area contributed by atoms with Crippen molar-refractivity contribution >= 4 is 11.7 Å². The van der Waals surface area contributed by atoms with E-state index >= 15 is 0 Å². The van der Waals surface area contributed by atoms with Crippen LogP contribution in [0.25, 0.3) is 5.69 Å². The molecule has 0 aliphatic carbocycles. The van der Waals surface area contributed by atoms with Crippen molar-refractivity contribution < 1.29 is 31.5 Å². The molecule has 0 amide bonds. The van der Waals surface area contributed by atoms with Crippen molar-refractivity contribution in [2.24, 2.45) is 5.73 Å². The van der Waals surface area contributed by atoms with Crippen LogP contribution in [0.4, 0.5) is 27.6 Å². The zero-order chi connectivity index (χ0) is 20.5. The molecular weight excluding hydrogens is 375 g/mol. The Hall–Kier alpha value is -2.69. The predicted molar refractivity (Wildman–Crippen MR) is 86.2 cm³/mol. The quantitative estimate of drug-likeness (QED) is 0.602. The zero-order valence-corrected chi connectivity index (χ0v) is 14.4. The average Bonchev–Trinajstić information content (AvgIpc) is 2.89. The smallest absolute Gasteiger partial charge is 0.397 e. The number of rotatable bonds is 5. The van der Waals surface area contributed by atoms with E-state index in [9.17, 15) is 26.7 Å². The van der Waals surface area contributed by atoms with Crippen LogP contribution in [0.15, 0.2) is 12.1 Å². The van der Waals surface area contributed by atoms with E-state index in [1.165, 1.54) is 6.92 Å². The van der Waals surface area contributed by atoms with Crippen LogP contribution in [0.3, 0.4) is 0 Å². The molecule has 0 aliphatic heterocycles. The number of halogens is 5. The number of carbonyl (C=O) groups excluding carboxylic acids is 1. The van der Waals surface area contributed by atoms with E-state index in [4.69, 9.17) is 16.2 Å². The number of nitrogen functional groups attached to an aromatic ring is 1. The van der Waals surface area contributed by atoms with Gasteiger partial charge in [0.25, 0.3) is 0 Å². The van der Waals surface area contributed by atoms with E-state index in [0.717, 1.165) is 19.1 Å². The van der Waals surface area contributed by atoms with Crippen LogP contribution in [0, 0.1) is 11.6 Å². The van der Waals surface area contributed by atoms with Crippen molar-refractivity contribution in [1.29, 1.82) is 0 Å². The number of nitrogens with zero attached hydrogens (tertiary/aromatic N) is 2. The second-order valence-electron chi connectivity index (χ2n) is 5.66. The highest BCUT2D eigenvalue weighted by Crippen LogP contribution is 2.38. The Morgan fingerprint density at radius 3 is 2.30 bits per heavy atom. The lowest BCUT2D eigenvalue weighted by atomic mass is 10.1. The summed E-state index contributed by atoms with van der Waals surface area (Å²) >= 11 is 0. The third kappa shape index (κ3) is 3.87. The Kier molecular flexibility index (Phi) is 5.73. The third-order valence-corrected chi connectivity index (χ3v) is 3.84. The number of alkyl halides is 3. The van der Waals surface area contributed by atoms with Crippen molar-refractivity contribution in [2.75, 3.05) is 12.3 Å². The molecule has 1 aromatic carbocycles. The minimum absolute atomic E-state index is 0.107. The van der Waals surface area contributed by atoms with Crippen LogP contribution in [0.1, 0.15) is 41.5 Å². The lowest BCUT2D eigenvalue weighted by Gasteiger charge is -2.13. The molecule has 1 heterocycles. The second kappa shape index (κ2) is 7.51. The Bertz CT molecular complexity index is 840. The van der Waals surface area contributed by atoms with Crippen LogP contribution < -0.4 is 11.5 Å². The van der Waals surface area contributed by atoms with E-state index in [2.05, 4.69) is 5.10 Å². The predicted octanol–water partition coefficient (Wildman–Crippen LogP) is 3.03. The van der Waals surface area contributed by atoms with E-state index in [1.807, 2.05) is 0 Å². The van der Waals surface area contributed by atoms with Gasteiger partial charge in [0.1, 0.15) is 5.69 Å². The van der Waals surface area contributed by atoms with Crippen molar-refractivity contribution in [2.45, 2.75) is 32.5 Å². The number of aromatic nitrogens is 2. The van der Waals surface area contributed by atoms with Crippen LogP contribution in [0.5, 0.6) is 0 Å². The van der Waals surface area contributed by atoms with E-state index in [0.29, 0.717) is 4.68 Å². The number of anilines is 1. The first-order chi connectivity index (χ1) is 12.5. The summed E-state index contributed by atoms with van der Waals surface area (Å²) in [5, 5.41) is 3.59. The number of carbonyl (C=O) groups is 1. The minimum Gasteiger partial charge on any atom is -0.461 e. The summed E-state index contributed by atoms with van der Waals surface area (Å²) in [5.41, 5.74) is 8.16. The summed E-state index contributed by atoms with van der Waals surface area (Å²) in [4.78, 5) is 12.2. The van der Waals surface area contributed by atoms with Gasteiger partial charge in [-0.25, -0.2) is 18.3 Å². The number of hydrogen-bond acceptors (Lipinski definition) is 5. The highest BCUT2D eigenvalue weighted by Gasteiger charge is 2.42. The normalized spacial score (nSPS) is 12.9. The molecule has 0 spiro atoms. The standard InChI is InChI=1S/C16H17F5N4O2/c1-3-27-15(26)14-11(23)12(7(2)16(19,20)21)24-25(14)13-9(17)4-8(6-22)5-10(13)18/h4-5,7H,3,6,22-23H2,1-2H3. The lowest BCUT2D eigenvalue weighted by molar-refractivity contribution is -0.147. The van der Waals surface area contributed by atoms with Gasteiger partial charge in [0.15, 0.2) is 17.3 Å². The van der Waals surface area contributed by atoms with Crippen LogP contribution in [-0.4, -0.2) is 28.5 Å². The molecule has 27 heavy (non-hydrogen) atoms. The number of nitrogens with two attached hydrogens (primary N) is 2. The van der Waals surface area contributed by atoms with Crippen LogP contribution in [0.2, 0.25) is 0 Å². The highest BCUT2D eigenvalue weighted by molar-refractivity contribution is 5.94. The molecule has 0 fully saturated rings. The molecule has 1 aromatic heterocycles. The van der Waals surface area contributed by atoms with Crippen molar-refractivity contribution in [3.05, 3.63) is 40.7 Å². The van der Waals surface area contributed by atoms with Gasteiger partial charge in [-0.2, -0.15) is 18.3 Å². The summed E-state index contributed by atoms with van der Waals surface area (Å²) < 4.78 is 73.2. The van der Waals surface area contributed by atoms with Crippen molar-refractivity contribution in [3.8, 4) is 5.69 Å². The fraction of sp³-hybridized carbons (Fsp3) is 0.375. The van der Waals surface area contributed by atoms with Gasteiger partial charge in [0, 0.05) is 6.54 Å². The first-order valence-corrected chi connectivity index (χ1v) is 7.83. The van der Waals surface area contributed by atoms with Gasteiger partial charge in [-0.3, -0.25) is 0 Å². The Morgan fingerprint density at radius 2 is 1.85 bits per heavy atom. The number of esters is 1. The summed E-state index contributed by atoms with van der Waals surface area (Å²) in [5.74, 6) is -5.68. The van der Waals surface area contributed by atoms with Crippen LogP contribution >= 0.6 is 0 Å². The Morgan fingerprint density at radius 1 is 1.30 bits per heavy atom. The van der Waals surface area contributed by atoms with Crippen LogP contribution in [-0.2, 0) is 11.3 Å². The average molecular weight is 392 g/mol. The molecule has 1 unspecified atom stereocenters. The number of hydrogen-bond donors (Lipinski definition) is 2. The molecule has 148 valence electrons. The summed E-state index contributed by atoms with van der Waals surface area (Å²) in [6, 6.07) is 1.77. The summed E-state index contributed by atoms with van der Waals surface area (Å²) in [7, 11) is 0. The van der Waals surface area contributed by atoms with Crippen molar-refractivity contribution in [3.63, 3.8) is 0 Å². The van der Waals surface area contributed by atoms with E-state index < -0.39 is 52.5 Å². The first-order valence-electron chi connectivity index (χ1n) is 7.83. The molecule has 0 radical (unpaired) electrons. The third-order valence-electron chi connectivity index (χ3n) is 3.84. The molecule has 0 bridgehead atoms. The van der Waals surface area contributed by atoms with Gasteiger partial charge in [-0.1, -0.05) is 0 Å². The summed E-state index contributed by atoms with van der Waals surface area (Å²) in [6.07, 6.45) is -4.74. The molecule has 0 saturated heterocycles. The summed E-state index contributed by atoms with van der Waals surface area (Å²) in [6.45, 7) is 1.91. The SMILES string of the molecule is CCOC(=O)c1c(N)c(C(C)C(F)(F)F)nn1-c1c(F)cc(CN)cc1F. The first kappa shape index (κ1) is 20.6. The fourth-order valence-corrected chi connectivity index (χ4v) is 2.42. The monoisotopic (exact) mass is 392 g/mol. The maximum Gasteiger partial charge on any atom is 0.397 e. The molecule has 2 rings (SSSR count). The molecule has 0 saturated carbocycles. The minimum atomic E-state index is -4.74. The second-order valence-corrected chi connectivity index (χ2v) is 5.66. The number of benzene rings is 1. The van der Waals surface area contributed by atoms with E-state index in [1.54, 1.807) is 0 Å². The molecule has 2 aromatic rings. The molecule has 0 aliphatic rings. The van der Waals surface area contributed by atoms with Gasteiger partial charge in [-0.05, 0) is 31.5 Å². The molecular formula is C16H17F5N4O2. The molecule has 1 atom stereocenters. The van der Waals surface area contributed by atoms with Crippen molar-refractivity contribution in [1.82, 2.24) is 9.78 Å². The maximum atomic E-state index is 14.4. The number of ether oxygens (including phenoxy) is 1. The van der Waals surface area contributed by atoms with Gasteiger partial charge >= 0.3 is 12.1 Å². The topological polar surface area (TPSA) is 96.2 Å². The zero-order valence-electron chi connectivity index (χ0n) is 14.4. The van der Waals surface area contributed by atoms with Gasteiger partial charge in [-0.15, -0.1) is 0 Å². The van der Waals surface area contributed by atoms with Gasteiger partial charge in [0.2, 0.25) is 0 Å². The van der Waals surface area contributed by atoms with Gasteiger partial charge in [0.05, 0.1) is 23.9 Å². The molecule has 4 N–H and O–H groups in total. The highest BCUT2D eigenvalue weighted by atomic mass is 19.4.